The van der Waals surface area contributed by atoms with E-state index in [0.717, 1.165) is 31.1 Å². The van der Waals surface area contributed by atoms with Gasteiger partial charge in [-0.1, -0.05) is 39.0 Å². The van der Waals surface area contributed by atoms with Crippen LogP contribution in [0.5, 0.6) is 5.75 Å². The van der Waals surface area contributed by atoms with E-state index in [2.05, 4.69) is 62.1 Å². The fraction of sp³-hybridized carbons (Fsp3) is 0.577. The van der Waals surface area contributed by atoms with Crippen LogP contribution in [0, 0.1) is 11.3 Å². The van der Waals surface area contributed by atoms with Crippen molar-refractivity contribution in [2.75, 3.05) is 20.7 Å². The van der Waals surface area contributed by atoms with E-state index in [4.69, 9.17) is 9.47 Å². The Morgan fingerprint density at radius 2 is 1.70 bits per heavy atom. The minimum atomic E-state index is -0.167. The maximum Gasteiger partial charge on any atom is 0.306 e. The van der Waals surface area contributed by atoms with E-state index in [9.17, 15) is 4.79 Å². The lowest BCUT2D eigenvalue weighted by molar-refractivity contribution is -0.140. The zero-order valence-corrected chi connectivity index (χ0v) is 19.2. The second-order valence-electron chi connectivity index (χ2n) is 9.86. The second-order valence-corrected chi connectivity index (χ2v) is 9.86. The lowest BCUT2D eigenvalue weighted by Gasteiger charge is -2.37. The maximum absolute atomic E-state index is 11.3. The molecular formula is C26H37NO3. The molecule has 2 aromatic rings. The topological polar surface area (TPSA) is 38.8 Å². The van der Waals surface area contributed by atoms with Crippen molar-refractivity contribution in [2.24, 2.45) is 11.3 Å². The van der Waals surface area contributed by atoms with Crippen molar-refractivity contribution in [2.45, 2.75) is 65.5 Å². The number of hydrogen-bond donors (Lipinski definition) is 0. The summed E-state index contributed by atoms with van der Waals surface area (Å²) < 4.78 is 11.0. The lowest BCUT2D eigenvalue weighted by atomic mass is 9.72. The molecule has 0 radical (unpaired) electrons. The monoisotopic (exact) mass is 411 g/mol. The summed E-state index contributed by atoms with van der Waals surface area (Å²) in [7, 11) is 3.46. The van der Waals surface area contributed by atoms with Crippen LogP contribution in [0.15, 0.2) is 36.4 Å². The largest absolute Gasteiger partial charge is 0.490 e. The van der Waals surface area contributed by atoms with Crippen molar-refractivity contribution in [3.8, 4) is 5.75 Å². The Kier molecular flexibility index (Phi) is 7.41. The van der Waals surface area contributed by atoms with Gasteiger partial charge < -0.3 is 14.4 Å². The third-order valence-corrected chi connectivity index (χ3v) is 6.46. The molecule has 0 bridgehead atoms. The summed E-state index contributed by atoms with van der Waals surface area (Å²) in [6.07, 6.45) is 5.57. The quantitative estimate of drug-likeness (QED) is 0.538. The summed E-state index contributed by atoms with van der Waals surface area (Å²) in [5.41, 5.74) is 1.64. The number of rotatable bonds is 7. The van der Waals surface area contributed by atoms with Crippen molar-refractivity contribution >= 4 is 16.7 Å². The molecule has 0 unspecified atom stereocenters. The average molecular weight is 412 g/mol. The predicted octanol–water partition coefficient (Wildman–Crippen LogP) is 5.82. The summed E-state index contributed by atoms with van der Waals surface area (Å²) in [4.78, 5) is 13.5. The first-order valence-corrected chi connectivity index (χ1v) is 11.2. The minimum Gasteiger partial charge on any atom is -0.490 e. The first kappa shape index (κ1) is 22.6. The molecule has 1 aliphatic rings. The fourth-order valence-electron chi connectivity index (χ4n) is 4.46. The van der Waals surface area contributed by atoms with Gasteiger partial charge in [0.15, 0.2) is 0 Å². The van der Waals surface area contributed by atoms with Gasteiger partial charge in [-0.15, -0.1) is 0 Å². The van der Waals surface area contributed by atoms with Gasteiger partial charge in [0.25, 0.3) is 0 Å². The molecular weight excluding hydrogens is 374 g/mol. The van der Waals surface area contributed by atoms with Gasteiger partial charge in [0, 0.05) is 13.1 Å². The van der Waals surface area contributed by atoms with Crippen LogP contribution in [0.2, 0.25) is 0 Å². The predicted molar refractivity (Wildman–Crippen MR) is 123 cm³/mol. The number of nitrogens with zero attached hydrogens (tertiary/aromatic N) is 1. The number of methoxy groups -OCH3 is 1. The van der Waals surface area contributed by atoms with E-state index in [-0.39, 0.29) is 5.97 Å². The summed E-state index contributed by atoms with van der Waals surface area (Å²) in [6.45, 7) is 8.56. The van der Waals surface area contributed by atoms with Crippen LogP contribution in [0.25, 0.3) is 10.8 Å². The van der Waals surface area contributed by atoms with Crippen molar-refractivity contribution in [1.29, 1.82) is 0 Å². The van der Waals surface area contributed by atoms with E-state index in [0.29, 0.717) is 24.5 Å². The van der Waals surface area contributed by atoms with Gasteiger partial charge in [0.1, 0.15) is 5.75 Å². The summed E-state index contributed by atoms with van der Waals surface area (Å²) in [6, 6.07) is 13.0. The Balaban J connectivity index is 1.57. The van der Waals surface area contributed by atoms with Gasteiger partial charge in [-0.05, 0) is 78.6 Å². The smallest absolute Gasteiger partial charge is 0.306 e. The SMILES string of the molecule is COC(=O)CCN(C)Cc1ccc2cc(O[C@H]3CC[C@H](C(C)(C)C)CC3)ccc2c1. The molecule has 1 aliphatic carbocycles. The Bertz CT molecular complexity index is 847. The van der Waals surface area contributed by atoms with Gasteiger partial charge in [-0.3, -0.25) is 4.79 Å². The van der Waals surface area contributed by atoms with Gasteiger partial charge in [0.05, 0.1) is 19.6 Å². The highest BCUT2D eigenvalue weighted by atomic mass is 16.5. The van der Waals surface area contributed by atoms with Crippen LogP contribution >= 0.6 is 0 Å². The van der Waals surface area contributed by atoms with E-state index in [1.54, 1.807) is 0 Å². The number of carbonyl (C=O) groups excluding carboxylic acids is 1. The summed E-state index contributed by atoms with van der Waals surface area (Å²) in [5.74, 6) is 1.61. The molecule has 0 spiro atoms. The van der Waals surface area contributed by atoms with Gasteiger partial charge >= 0.3 is 5.97 Å². The number of hydrogen-bond acceptors (Lipinski definition) is 4. The Morgan fingerprint density at radius 1 is 1.03 bits per heavy atom. The van der Waals surface area contributed by atoms with Crippen LogP contribution in [0.4, 0.5) is 0 Å². The zero-order chi connectivity index (χ0) is 21.7. The Labute approximate surface area is 181 Å². The summed E-state index contributed by atoms with van der Waals surface area (Å²) >= 11 is 0. The van der Waals surface area contributed by atoms with Gasteiger partial charge in [-0.25, -0.2) is 0 Å². The number of esters is 1. The minimum absolute atomic E-state index is 0.167. The number of benzene rings is 2. The molecule has 30 heavy (non-hydrogen) atoms. The van der Waals surface area contributed by atoms with Crippen LogP contribution in [0.1, 0.15) is 58.4 Å². The molecule has 1 fully saturated rings. The molecule has 1 saturated carbocycles. The molecule has 2 aromatic carbocycles. The van der Waals surface area contributed by atoms with Crippen molar-refractivity contribution in [3.05, 3.63) is 42.0 Å². The highest BCUT2D eigenvalue weighted by molar-refractivity contribution is 5.84. The molecule has 164 valence electrons. The first-order valence-electron chi connectivity index (χ1n) is 11.2. The Hall–Kier alpha value is -2.07. The average Bonchev–Trinajstić information content (AvgIpc) is 2.72. The highest BCUT2D eigenvalue weighted by Gasteiger charge is 2.30. The maximum atomic E-state index is 11.3. The fourth-order valence-corrected chi connectivity index (χ4v) is 4.46. The van der Waals surface area contributed by atoms with E-state index < -0.39 is 0 Å². The standard InChI is InChI=1S/C26H37NO3/c1-26(2,3)22-9-12-23(13-10-22)30-24-11-8-20-16-19(6-7-21(20)17-24)18-27(4)15-14-25(28)29-5/h6-8,11,16-17,22-23H,9-10,12-15,18H2,1-5H3/t22-,23-. The highest BCUT2D eigenvalue weighted by Crippen LogP contribution is 2.39. The van der Waals surface area contributed by atoms with Crippen molar-refractivity contribution < 1.29 is 14.3 Å². The molecule has 0 N–H and O–H groups in total. The lowest BCUT2D eigenvalue weighted by Crippen LogP contribution is -2.30. The number of carbonyl (C=O) groups is 1. The third-order valence-electron chi connectivity index (χ3n) is 6.46. The van der Waals surface area contributed by atoms with Crippen molar-refractivity contribution in [3.63, 3.8) is 0 Å². The molecule has 0 aliphatic heterocycles. The van der Waals surface area contributed by atoms with Gasteiger partial charge in [-0.2, -0.15) is 0 Å². The third kappa shape index (κ3) is 6.21. The second kappa shape index (κ2) is 9.82. The zero-order valence-electron chi connectivity index (χ0n) is 19.2. The van der Waals surface area contributed by atoms with E-state index >= 15 is 0 Å². The number of fused-ring (bicyclic) bond motifs is 1. The molecule has 4 heteroatoms. The first-order chi connectivity index (χ1) is 14.2. The molecule has 0 aromatic heterocycles. The number of ether oxygens (including phenoxy) is 2. The molecule has 4 nitrogen and oxygen atoms in total. The van der Waals surface area contributed by atoms with E-state index in [1.807, 2.05) is 7.05 Å². The van der Waals surface area contributed by atoms with Crippen LogP contribution in [-0.4, -0.2) is 37.7 Å². The van der Waals surface area contributed by atoms with Crippen LogP contribution < -0.4 is 4.74 Å². The summed E-state index contributed by atoms with van der Waals surface area (Å²) in [5, 5.41) is 2.43. The van der Waals surface area contributed by atoms with Crippen LogP contribution in [0.3, 0.4) is 0 Å². The molecule has 0 atom stereocenters. The molecule has 0 heterocycles. The molecule has 0 saturated heterocycles. The van der Waals surface area contributed by atoms with Gasteiger partial charge in [0.2, 0.25) is 0 Å². The van der Waals surface area contributed by atoms with E-state index in [1.165, 1.54) is 36.3 Å². The van der Waals surface area contributed by atoms with Crippen molar-refractivity contribution in [1.82, 2.24) is 4.90 Å². The molecule has 0 amide bonds. The Morgan fingerprint density at radius 3 is 2.37 bits per heavy atom. The molecule has 3 rings (SSSR count). The normalized spacial score (nSPS) is 19.8. The van der Waals surface area contributed by atoms with Crippen LogP contribution in [-0.2, 0) is 16.1 Å².